The summed E-state index contributed by atoms with van der Waals surface area (Å²) in [5.74, 6) is -0.941. The van der Waals surface area contributed by atoms with Gasteiger partial charge in [-0.3, -0.25) is 0 Å². The number of para-hydroxylation sites is 1. The van der Waals surface area contributed by atoms with Gasteiger partial charge in [0.15, 0.2) is 0 Å². The second-order valence-electron chi connectivity index (χ2n) is 6.79. The van der Waals surface area contributed by atoms with E-state index in [-0.39, 0.29) is 5.56 Å². The fourth-order valence-corrected chi connectivity index (χ4v) is 3.21. The second-order valence-corrected chi connectivity index (χ2v) is 6.79. The Morgan fingerprint density at radius 3 is 2.14 bits per heavy atom. The van der Waals surface area contributed by atoms with E-state index in [0.29, 0.717) is 5.69 Å². The molecule has 0 saturated heterocycles. The van der Waals surface area contributed by atoms with Gasteiger partial charge in [-0.2, -0.15) is 5.10 Å². The number of hydrogen-bond acceptors (Lipinski definition) is 3. The van der Waals surface area contributed by atoms with Crippen molar-refractivity contribution in [3.63, 3.8) is 0 Å². The monoisotopic (exact) mass is 383 g/mol. The minimum atomic E-state index is -0.941. The van der Waals surface area contributed by atoms with Crippen molar-refractivity contribution in [1.29, 1.82) is 0 Å². The first-order valence-corrected chi connectivity index (χ1v) is 9.46. The van der Waals surface area contributed by atoms with Gasteiger partial charge >= 0.3 is 5.97 Å². The van der Waals surface area contributed by atoms with Crippen molar-refractivity contribution in [1.82, 2.24) is 9.78 Å². The molecule has 0 bridgehead atoms. The van der Waals surface area contributed by atoms with E-state index < -0.39 is 5.97 Å². The Bertz CT molecular complexity index is 1090. The lowest BCUT2D eigenvalue weighted by Gasteiger charge is -2.10. The molecule has 2 N–H and O–H groups in total. The number of rotatable bonds is 7. The molecule has 0 aliphatic heterocycles. The third-order valence-electron chi connectivity index (χ3n) is 4.80. The fraction of sp³-hybridized carbons (Fsp3) is 0.0833. The Labute approximate surface area is 169 Å². The molecular weight excluding hydrogens is 362 g/mol. The molecule has 0 fully saturated rings. The zero-order valence-corrected chi connectivity index (χ0v) is 15.8. The van der Waals surface area contributed by atoms with Gasteiger partial charge in [0.25, 0.3) is 0 Å². The molecular formula is C24H21N3O2. The van der Waals surface area contributed by atoms with Crippen LogP contribution in [0.5, 0.6) is 0 Å². The van der Waals surface area contributed by atoms with Gasteiger partial charge in [0.2, 0.25) is 0 Å². The van der Waals surface area contributed by atoms with Crippen molar-refractivity contribution < 1.29 is 9.90 Å². The first-order valence-electron chi connectivity index (χ1n) is 9.46. The predicted octanol–water partition coefficient (Wildman–Crippen LogP) is 5.10. The molecule has 5 heteroatoms. The molecule has 0 saturated carbocycles. The molecule has 3 aromatic carbocycles. The number of benzene rings is 3. The van der Waals surface area contributed by atoms with Crippen LogP contribution in [0.1, 0.15) is 21.5 Å². The van der Waals surface area contributed by atoms with E-state index in [4.69, 9.17) is 0 Å². The normalized spacial score (nSPS) is 10.6. The first-order chi connectivity index (χ1) is 14.2. The number of anilines is 2. The number of carboxylic acids is 1. The number of aryl methyl sites for hydroxylation is 2. The predicted molar refractivity (Wildman–Crippen MR) is 114 cm³/mol. The van der Waals surface area contributed by atoms with Crippen LogP contribution in [0, 0.1) is 0 Å². The molecule has 0 aliphatic carbocycles. The minimum Gasteiger partial charge on any atom is -0.478 e. The summed E-state index contributed by atoms with van der Waals surface area (Å²) in [6.07, 6.45) is 5.59. The van der Waals surface area contributed by atoms with E-state index in [1.165, 1.54) is 11.1 Å². The number of carboxylic acid groups (broad SMARTS) is 1. The van der Waals surface area contributed by atoms with E-state index in [2.05, 4.69) is 46.8 Å². The highest BCUT2D eigenvalue weighted by Gasteiger charge is 2.08. The number of hydrogen-bond donors (Lipinski definition) is 2. The molecule has 0 unspecified atom stereocenters. The second kappa shape index (κ2) is 8.44. The highest BCUT2D eigenvalue weighted by molar-refractivity contribution is 5.95. The van der Waals surface area contributed by atoms with Crippen LogP contribution in [0.2, 0.25) is 0 Å². The maximum Gasteiger partial charge on any atom is 0.337 e. The average Bonchev–Trinajstić information content (AvgIpc) is 3.29. The Hall–Kier alpha value is -3.86. The summed E-state index contributed by atoms with van der Waals surface area (Å²) in [6.45, 7) is 0. The molecule has 0 aliphatic rings. The zero-order chi connectivity index (χ0) is 20.1. The van der Waals surface area contributed by atoms with Crippen LogP contribution in [0.25, 0.3) is 5.69 Å². The highest BCUT2D eigenvalue weighted by atomic mass is 16.4. The van der Waals surface area contributed by atoms with Crippen LogP contribution in [0.3, 0.4) is 0 Å². The van der Waals surface area contributed by atoms with Gasteiger partial charge in [-0.05, 0) is 66.4 Å². The Balaban J connectivity index is 1.37. The highest BCUT2D eigenvalue weighted by Crippen LogP contribution is 2.22. The third kappa shape index (κ3) is 4.52. The van der Waals surface area contributed by atoms with Gasteiger partial charge in [0.05, 0.1) is 16.9 Å². The lowest BCUT2D eigenvalue weighted by molar-refractivity contribution is 0.0698. The Kier molecular flexibility index (Phi) is 5.38. The van der Waals surface area contributed by atoms with Gasteiger partial charge in [-0.1, -0.05) is 36.4 Å². The van der Waals surface area contributed by atoms with E-state index in [1.54, 1.807) is 24.4 Å². The van der Waals surface area contributed by atoms with Gasteiger partial charge < -0.3 is 10.4 Å². The van der Waals surface area contributed by atoms with Gasteiger partial charge in [0, 0.05) is 18.1 Å². The van der Waals surface area contributed by atoms with Crippen LogP contribution < -0.4 is 5.32 Å². The third-order valence-corrected chi connectivity index (χ3v) is 4.80. The summed E-state index contributed by atoms with van der Waals surface area (Å²) < 4.78 is 1.85. The van der Waals surface area contributed by atoms with Crippen molar-refractivity contribution >= 4 is 17.3 Å². The molecule has 0 spiro atoms. The summed E-state index contributed by atoms with van der Waals surface area (Å²) in [7, 11) is 0. The summed E-state index contributed by atoms with van der Waals surface area (Å²) >= 11 is 0. The van der Waals surface area contributed by atoms with Crippen molar-refractivity contribution in [2.75, 3.05) is 5.32 Å². The van der Waals surface area contributed by atoms with E-state index in [0.717, 1.165) is 24.2 Å². The molecule has 0 radical (unpaired) electrons. The summed E-state index contributed by atoms with van der Waals surface area (Å²) in [5, 5.41) is 16.7. The van der Waals surface area contributed by atoms with Crippen molar-refractivity contribution in [2.45, 2.75) is 12.8 Å². The van der Waals surface area contributed by atoms with E-state index >= 15 is 0 Å². The van der Waals surface area contributed by atoms with E-state index in [9.17, 15) is 9.90 Å². The minimum absolute atomic E-state index is 0.259. The molecule has 0 atom stereocenters. The number of carbonyl (C=O) groups is 1. The number of aromatic nitrogens is 2. The Morgan fingerprint density at radius 2 is 1.52 bits per heavy atom. The van der Waals surface area contributed by atoms with Gasteiger partial charge in [-0.25, -0.2) is 9.48 Å². The smallest absolute Gasteiger partial charge is 0.337 e. The summed E-state index contributed by atoms with van der Waals surface area (Å²) in [6, 6.07) is 25.3. The van der Waals surface area contributed by atoms with Gasteiger partial charge in [0.1, 0.15) is 0 Å². The molecule has 144 valence electrons. The molecule has 4 rings (SSSR count). The molecule has 5 nitrogen and oxygen atoms in total. The fourth-order valence-electron chi connectivity index (χ4n) is 3.21. The number of nitrogens with one attached hydrogen (secondary N) is 1. The molecule has 4 aromatic rings. The number of nitrogens with zero attached hydrogens (tertiary/aromatic N) is 2. The molecule has 1 heterocycles. The summed E-state index contributed by atoms with van der Waals surface area (Å²) in [5.41, 5.74) is 5.28. The van der Waals surface area contributed by atoms with Crippen LogP contribution in [0.4, 0.5) is 11.4 Å². The Morgan fingerprint density at radius 1 is 0.862 bits per heavy atom. The first kappa shape index (κ1) is 18.5. The van der Waals surface area contributed by atoms with Crippen LogP contribution in [-0.4, -0.2) is 20.9 Å². The van der Waals surface area contributed by atoms with Crippen molar-refractivity contribution in [3.05, 3.63) is 108 Å². The van der Waals surface area contributed by atoms with Crippen molar-refractivity contribution in [3.8, 4) is 5.69 Å². The largest absolute Gasteiger partial charge is 0.478 e. The molecule has 29 heavy (non-hydrogen) atoms. The average molecular weight is 383 g/mol. The van der Waals surface area contributed by atoms with Gasteiger partial charge in [-0.15, -0.1) is 0 Å². The van der Waals surface area contributed by atoms with Crippen LogP contribution in [0.15, 0.2) is 91.3 Å². The quantitative estimate of drug-likeness (QED) is 0.466. The van der Waals surface area contributed by atoms with Crippen molar-refractivity contribution in [2.24, 2.45) is 0 Å². The number of aromatic carboxylic acids is 1. The van der Waals surface area contributed by atoms with Crippen LogP contribution in [-0.2, 0) is 12.8 Å². The maximum absolute atomic E-state index is 11.3. The summed E-state index contributed by atoms with van der Waals surface area (Å²) in [4.78, 5) is 11.3. The van der Waals surface area contributed by atoms with Crippen LogP contribution >= 0.6 is 0 Å². The zero-order valence-electron chi connectivity index (χ0n) is 15.8. The van der Waals surface area contributed by atoms with E-state index in [1.807, 2.05) is 35.1 Å². The SMILES string of the molecule is O=C(O)c1ccccc1Nc1ccc(CCc2ccc(-n3cccn3)cc2)cc1. The molecule has 1 aromatic heterocycles. The molecule has 0 amide bonds. The lowest BCUT2D eigenvalue weighted by Crippen LogP contribution is -2.02. The topological polar surface area (TPSA) is 67.2 Å². The standard InChI is InChI=1S/C24H21N3O2/c28-24(29)22-4-1-2-5-23(22)26-20-12-8-18(9-13-20)6-7-19-10-14-21(15-11-19)27-17-3-16-25-27/h1-5,8-17,26H,6-7H2,(H,28,29). The lowest BCUT2D eigenvalue weighted by atomic mass is 10.0. The maximum atomic E-state index is 11.3.